The first-order valence-electron chi connectivity index (χ1n) is 8.97. The third-order valence-electron chi connectivity index (χ3n) is 5.39. The first kappa shape index (κ1) is 17.6. The molecule has 0 radical (unpaired) electrons. The van der Waals surface area contributed by atoms with E-state index in [0.717, 1.165) is 37.4 Å². The molecule has 2 N–H and O–H groups in total. The molecule has 2 heterocycles. The van der Waals surface area contributed by atoms with Gasteiger partial charge in [-0.3, -0.25) is 4.79 Å². The van der Waals surface area contributed by atoms with Gasteiger partial charge in [-0.15, -0.1) is 11.6 Å². The third kappa shape index (κ3) is 2.61. The number of aromatic hydroxyl groups is 1. The molecule has 5 rings (SSSR count). The van der Waals surface area contributed by atoms with Crippen molar-refractivity contribution in [3.8, 4) is 5.75 Å². The molecule has 6 heteroatoms. The van der Waals surface area contributed by atoms with Crippen molar-refractivity contribution in [3.05, 3.63) is 70.3 Å². The van der Waals surface area contributed by atoms with Crippen molar-refractivity contribution in [2.45, 2.75) is 5.92 Å². The lowest BCUT2D eigenvalue weighted by Crippen LogP contribution is -2.30. The molecule has 0 unspecified atom stereocenters. The van der Waals surface area contributed by atoms with Gasteiger partial charge in [-0.05, 0) is 35.2 Å². The number of nitrogens with one attached hydrogen (secondary N) is 1. The SMILES string of the molecule is O=C(c1cc2cc(Br)ccc2[nH]1)N1C[C@@H](CCl)c2c1cc(O)c1ccccc21. The van der Waals surface area contributed by atoms with Gasteiger partial charge in [0.1, 0.15) is 11.4 Å². The van der Waals surface area contributed by atoms with Crippen LogP contribution in [0.5, 0.6) is 5.75 Å². The number of nitrogens with zero attached hydrogens (tertiary/aromatic N) is 1. The molecule has 1 aromatic heterocycles. The Morgan fingerprint density at radius 2 is 1.96 bits per heavy atom. The molecular weight excluding hydrogens is 440 g/mol. The first-order valence-corrected chi connectivity index (χ1v) is 10.3. The third-order valence-corrected chi connectivity index (χ3v) is 6.25. The lowest BCUT2D eigenvalue weighted by molar-refractivity contribution is 0.0984. The van der Waals surface area contributed by atoms with E-state index in [9.17, 15) is 9.90 Å². The van der Waals surface area contributed by atoms with Crippen LogP contribution in [0.15, 0.2) is 59.1 Å². The minimum Gasteiger partial charge on any atom is -0.507 e. The summed E-state index contributed by atoms with van der Waals surface area (Å²) in [6, 6.07) is 17.1. The van der Waals surface area contributed by atoms with Crippen LogP contribution in [0.25, 0.3) is 21.7 Å². The Kier molecular flexibility index (Phi) is 4.11. The van der Waals surface area contributed by atoms with Crippen LogP contribution in [0.2, 0.25) is 0 Å². The van der Waals surface area contributed by atoms with E-state index in [2.05, 4.69) is 20.9 Å². The fourth-order valence-electron chi connectivity index (χ4n) is 4.11. The zero-order valence-electron chi connectivity index (χ0n) is 14.7. The molecule has 1 atom stereocenters. The molecule has 4 aromatic rings. The number of aromatic nitrogens is 1. The number of carbonyl (C=O) groups is 1. The average Bonchev–Trinajstić information content (AvgIpc) is 3.28. The standard InChI is InChI=1S/C22H16BrClN2O2/c23-14-5-6-17-12(7-14)8-18(25-17)22(28)26-11-13(10-24)21-16-4-2-1-3-15(16)20(27)9-19(21)26/h1-9,13,25,27H,10-11H2/t13-/m1/s1. The highest BCUT2D eigenvalue weighted by atomic mass is 79.9. The molecule has 0 saturated heterocycles. The van der Waals surface area contributed by atoms with Crippen LogP contribution in [0.3, 0.4) is 0 Å². The van der Waals surface area contributed by atoms with Gasteiger partial charge in [0.15, 0.2) is 0 Å². The number of anilines is 1. The first-order chi connectivity index (χ1) is 13.6. The summed E-state index contributed by atoms with van der Waals surface area (Å²) in [7, 11) is 0. The maximum absolute atomic E-state index is 13.3. The molecule has 0 bridgehead atoms. The molecule has 0 spiro atoms. The van der Waals surface area contributed by atoms with E-state index in [1.54, 1.807) is 11.0 Å². The van der Waals surface area contributed by atoms with Crippen molar-refractivity contribution >= 4 is 60.8 Å². The minimum absolute atomic E-state index is 0.0182. The minimum atomic E-state index is -0.129. The second kappa shape index (κ2) is 6.54. The molecule has 0 saturated carbocycles. The number of benzene rings is 3. The molecule has 0 aliphatic carbocycles. The van der Waals surface area contributed by atoms with E-state index < -0.39 is 0 Å². The maximum atomic E-state index is 13.3. The smallest absolute Gasteiger partial charge is 0.274 e. The fraction of sp³-hybridized carbons (Fsp3) is 0.136. The molecular formula is C22H16BrClN2O2. The number of amides is 1. The quantitative estimate of drug-likeness (QED) is 0.377. The monoisotopic (exact) mass is 454 g/mol. The lowest BCUT2D eigenvalue weighted by atomic mass is 9.95. The Morgan fingerprint density at radius 1 is 1.18 bits per heavy atom. The largest absolute Gasteiger partial charge is 0.507 e. The number of fused-ring (bicyclic) bond motifs is 4. The number of halogens is 2. The van der Waals surface area contributed by atoms with Gasteiger partial charge in [-0.1, -0.05) is 40.2 Å². The average molecular weight is 456 g/mol. The maximum Gasteiger partial charge on any atom is 0.274 e. The summed E-state index contributed by atoms with van der Waals surface area (Å²) in [4.78, 5) is 18.3. The number of phenols is 1. The molecule has 4 nitrogen and oxygen atoms in total. The molecule has 140 valence electrons. The number of alkyl halides is 1. The summed E-state index contributed by atoms with van der Waals surface area (Å²) in [5.74, 6) is 0.467. The molecule has 1 aliphatic heterocycles. The van der Waals surface area contributed by atoms with Gasteiger partial charge in [0.25, 0.3) is 5.91 Å². The number of H-pyrrole nitrogens is 1. The van der Waals surface area contributed by atoms with Crippen molar-refractivity contribution in [3.63, 3.8) is 0 Å². The van der Waals surface area contributed by atoms with Gasteiger partial charge in [0, 0.05) is 45.2 Å². The second-order valence-corrected chi connectivity index (χ2v) is 8.28. The van der Waals surface area contributed by atoms with Crippen molar-refractivity contribution in [2.24, 2.45) is 0 Å². The zero-order valence-corrected chi connectivity index (χ0v) is 17.1. The summed E-state index contributed by atoms with van der Waals surface area (Å²) in [5, 5.41) is 13.2. The molecule has 28 heavy (non-hydrogen) atoms. The molecule has 1 aliphatic rings. The van der Waals surface area contributed by atoms with Crippen LogP contribution in [-0.2, 0) is 0 Å². The molecule has 0 fully saturated rings. The Bertz CT molecular complexity index is 1250. The predicted molar refractivity (Wildman–Crippen MR) is 117 cm³/mol. The number of phenolic OH excluding ortho intramolecular Hbond substituents is 1. The summed E-state index contributed by atoms with van der Waals surface area (Å²) in [6.45, 7) is 0.490. The topological polar surface area (TPSA) is 56.3 Å². The Balaban J connectivity index is 1.65. The lowest BCUT2D eigenvalue weighted by Gasteiger charge is -2.17. The summed E-state index contributed by atoms with van der Waals surface area (Å²) in [6.07, 6.45) is 0. The van der Waals surface area contributed by atoms with Crippen LogP contribution < -0.4 is 4.90 Å². The van der Waals surface area contributed by atoms with Gasteiger partial charge < -0.3 is 15.0 Å². The Hall–Kier alpha value is -2.50. The summed E-state index contributed by atoms with van der Waals surface area (Å²) < 4.78 is 0.961. The van der Waals surface area contributed by atoms with Crippen molar-refractivity contribution < 1.29 is 9.90 Å². The van der Waals surface area contributed by atoms with E-state index >= 15 is 0 Å². The highest BCUT2D eigenvalue weighted by Gasteiger charge is 2.35. The van der Waals surface area contributed by atoms with Crippen molar-refractivity contribution in [2.75, 3.05) is 17.3 Å². The van der Waals surface area contributed by atoms with Crippen LogP contribution in [0.4, 0.5) is 5.69 Å². The number of hydrogen-bond donors (Lipinski definition) is 2. The van der Waals surface area contributed by atoms with E-state index in [4.69, 9.17) is 11.6 Å². The second-order valence-electron chi connectivity index (χ2n) is 7.06. The number of aromatic amines is 1. The normalized spacial score (nSPS) is 16.1. The van der Waals surface area contributed by atoms with Crippen molar-refractivity contribution in [1.29, 1.82) is 0 Å². The van der Waals surface area contributed by atoms with E-state index in [-0.39, 0.29) is 17.6 Å². The van der Waals surface area contributed by atoms with Gasteiger partial charge in [-0.25, -0.2) is 0 Å². The van der Waals surface area contributed by atoms with Crippen LogP contribution >= 0.6 is 27.5 Å². The van der Waals surface area contributed by atoms with Gasteiger partial charge in [-0.2, -0.15) is 0 Å². The van der Waals surface area contributed by atoms with Crippen molar-refractivity contribution in [1.82, 2.24) is 4.98 Å². The number of hydrogen-bond acceptors (Lipinski definition) is 2. The predicted octanol–water partition coefficient (Wildman–Crippen LogP) is 5.77. The van der Waals surface area contributed by atoms with E-state index in [1.807, 2.05) is 48.5 Å². The molecule has 3 aromatic carbocycles. The van der Waals surface area contributed by atoms with Gasteiger partial charge in [0.2, 0.25) is 0 Å². The highest BCUT2D eigenvalue weighted by molar-refractivity contribution is 9.10. The van der Waals surface area contributed by atoms with Gasteiger partial charge >= 0.3 is 0 Å². The van der Waals surface area contributed by atoms with E-state index in [1.165, 1.54) is 0 Å². The number of carbonyl (C=O) groups excluding carboxylic acids is 1. The Morgan fingerprint density at radius 3 is 2.75 bits per heavy atom. The summed E-state index contributed by atoms with van der Waals surface area (Å²) in [5.41, 5.74) is 3.17. The Labute approximate surface area is 174 Å². The molecule has 1 amide bonds. The number of rotatable bonds is 2. The summed E-state index contributed by atoms with van der Waals surface area (Å²) >= 11 is 9.72. The van der Waals surface area contributed by atoms with E-state index in [0.29, 0.717) is 18.1 Å². The van der Waals surface area contributed by atoms with Crippen LogP contribution in [0, 0.1) is 0 Å². The zero-order chi connectivity index (χ0) is 19.4. The van der Waals surface area contributed by atoms with Crippen LogP contribution in [0.1, 0.15) is 22.0 Å². The highest BCUT2D eigenvalue weighted by Crippen LogP contribution is 2.45. The van der Waals surface area contributed by atoms with Crippen LogP contribution in [-0.4, -0.2) is 28.4 Å². The van der Waals surface area contributed by atoms with Gasteiger partial charge in [0.05, 0.1) is 5.69 Å². The fourth-order valence-corrected chi connectivity index (χ4v) is 4.74.